The fraction of sp³-hybridized carbons (Fsp3) is 0.500. The Morgan fingerprint density at radius 3 is 3.05 bits per heavy atom. The second-order valence-corrected chi connectivity index (χ2v) is 5.83. The fourth-order valence-corrected chi connectivity index (χ4v) is 2.81. The summed E-state index contributed by atoms with van der Waals surface area (Å²) in [5.41, 5.74) is 0.693. The van der Waals surface area contributed by atoms with Crippen LogP contribution in [0.25, 0.3) is 0 Å². The first-order valence-electron chi connectivity index (χ1n) is 6.24. The minimum atomic E-state index is -0.188. The second-order valence-electron chi connectivity index (χ2n) is 3.93. The molecule has 19 heavy (non-hydrogen) atoms. The molecule has 0 aromatic carbocycles. The minimum absolute atomic E-state index is 0.0675. The Labute approximate surface area is 122 Å². The number of aliphatic hydroxyl groups is 1. The van der Waals surface area contributed by atoms with Gasteiger partial charge < -0.3 is 10.4 Å². The highest BCUT2D eigenvalue weighted by atomic mass is 32.2. The molecule has 1 rings (SSSR count). The SMILES string of the molecule is CSCCCCCNC(=O)c1sccc1C#CCO. The van der Waals surface area contributed by atoms with Crippen molar-refractivity contribution in [1.82, 2.24) is 5.32 Å². The van der Waals surface area contributed by atoms with Crippen LogP contribution in [0.5, 0.6) is 0 Å². The molecular weight excluding hydrogens is 278 g/mol. The maximum absolute atomic E-state index is 11.9. The number of rotatable bonds is 7. The smallest absolute Gasteiger partial charge is 0.262 e. The van der Waals surface area contributed by atoms with E-state index >= 15 is 0 Å². The predicted octanol–water partition coefficient (Wildman–Crippen LogP) is 2.36. The van der Waals surface area contributed by atoms with Gasteiger partial charge in [0.1, 0.15) is 11.5 Å². The van der Waals surface area contributed by atoms with Gasteiger partial charge in [0.05, 0.1) is 0 Å². The van der Waals surface area contributed by atoms with E-state index in [1.165, 1.54) is 23.5 Å². The molecule has 0 atom stereocenters. The molecule has 1 aromatic rings. The Morgan fingerprint density at radius 1 is 1.47 bits per heavy atom. The molecule has 0 bridgehead atoms. The van der Waals surface area contributed by atoms with Gasteiger partial charge in [-0.15, -0.1) is 11.3 Å². The van der Waals surface area contributed by atoms with Crippen LogP contribution in [0.3, 0.4) is 0 Å². The van der Waals surface area contributed by atoms with Crippen LogP contribution in [0, 0.1) is 11.8 Å². The zero-order valence-corrected chi connectivity index (χ0v) is 12.7. The standard InChI is InChI=1S/C14H19NO2S2/c1-18-10-4-2-3-8-15-14(17)13-12(6-5-9-16)7-11-19-13/h7,11,16H,2-4,8-10H2,1H3,(H,15,17). The summed E-state index contributed by atoms with van der Waals surface area (Å²) in [4.78, 5) is 12.6. The molecule has 5 heteroatoms. The van der Waals surface area contributed by atoms with E-state index in [1.54, 1.807) is 6.07 Å². The summed E-state index contributed by atoms with van der Waals surface area (Å²) < 4.78 is 0. The highest BCUT2D eigenvalue weighted by Gasteiger charge is 2.10. The first-order chi connectivity index (χ1) is 9.29. The van der Waals surface area contributed by atoms with Gasteiger partial charge >= 0.3 is 0 Å². The molecule has 0 saturated heterocycles. The number of thiophene rings is 1. The van der Waals surface area contributed by atoms with Crippen molar-refractivity contribution in [3.05, 3.63) is 21.9 Å². The molecule has 0 unspecified atom stereocenters. The highest BCUT2D eigenvalue weighted by Crippen LogP contribution is 2.15. The average molecular weight is 297 g/mol. The Morgan fingerprint density at radius 2 is 2.32 bits per heavy atom. The molecule has 0 aliphatic heterocycles. The summed E-state index contributed by atoms with van der Waals surface area (Å²) in [6, 6.07) is 1.81. The van der Waals surface area contributed by atoms with Gasteiger partial charge in [0.25, 0.3) is 5.91 Å². The lowest BCUT2D eigenvalue weighted by Gasteiger charge is -2.04. The number of unbranched alkanes of at least 4 members (excludes halogenated alkanes) is 2. The molecule has 0 aliphatic carbocycles. The zero-order valence-electron chi connectivity index (χ0n) is 11.1. The van der Waals surface area contributed by atoms with Gasteiger partial charge in [-0.25, -0.2) is 0 Å². The third-order valence-electron chi connectivity index (χ3n) is 2.48. The van der Waals surface area contributed by atoms with E-state index in [-0.39, 0.29) is 12.5 Å². The van der Waals surface area contributed by atoms with E-state index in [9.17, 15) is 4.79 Å². The van der Waals surface area contributed by atoms with Gasteiger partial charge in [-0.05, 0) is 36.3 Å². The van der Waals surface area contributed by atoms with Crippen LogP contribution in [0.4, 0.5) is 0 Å². The molecule has 0 spiro atoms. The Hall–Kier alpha value is -0.960. The quantitative estimate of drug-likeness (QED) is 0.600. The van der Waals surface area contributed by atoms with E-state index < -0.39 is 0 Å². The molecule has 0 saturated carbocycles. The molecule has 0 fully saturated rings. The monoisotopic (exact) mass is 297 g/mol. The molecule has 3 nitrogen and oxygen atoms in total. The summed E-state index contributed by atoms with van der Waals surface area (Å²) in [7, 11) is 0. The molecule has 1 amide bonds. The van der Waals surface area contributed by atoms with Gasteiger partial charge in [-0.1, -0.05) is 18.3 Å². The summed E-state index contributed by atoms with van der Waals surface area (Å²) in [6.45, 7) is 0.518. The van der Waals surface area contributed by atoms with Gasteiger partial charge in [0.2, 0.25) is 0 Å². The summed E-state index contributed by atoms with van der Waals surface area (Å²) in [5, 5.41) is 13.4. The van der Waals surface area contributed by atoms with Gasteiger partial charge in [-0.2, -0.15) is 11.8 Å². The molecule has 0 radical (unpaired) electrons. The lowest BCUT2D eigenvalue weighted by atomic mass is 10.2. The van der Waals surface area contributed by atoms with Crippen molar-refractivity contribution in [2.45, 2.75) is 19.3 Å². The van der Waals surface area contributed by atoms with Gasteiger partial charge in [0, 0.05) is 12.1 Å². The molecule has 1 aromatic heterocycles. The van der Waals surface area contributed by atoms with Crippen molar-refractivity contribution >= 4 is 29.0 Å². The lowest BCUT2D eigenvalue weighted by Crippen LogP contribution is -2.24. The van der Waals surface area contributed by atoms with Crippen LogP contribution in [0.2, 0.25) is 0 Å². The largest absolute Gasteiger partial charge is 0.384 e. The van der Waals surface area contributed by atoms with E-state index in [1.807, 2.05) is 17.1 Å². The van der Waals surface area contributed by atoms with Crippen LogP contribution >= 0.6 is 23.1 Å². The van der Waals surface area contributed by atoms with E-state index in [0.717, 1.165) is 12.8 Å². The zero-order chi connectivity index (χ0) is 13.9. The van der Waals surface area contributed by atoms with Crippen LogP contribution < -0.4 is 5.32 Å². The maximum atomic E-state index is 11.9. The second kappa shape index (κ2) is 9.90. The summed E-state index contributed by atoms with van der Waals surface area (Å²) in [6.07, 6.45) is 5.45. The maximum Gasteiger partial charge on any atom is 0.262 e. The average Bonchev–Trinajstić information content (AvgIpc) is 2.88. The lowest BCUT2D eigenvalue weighted by molar-refractivity contribution is 0.0957. The van der Waals surface area contributed by atoms with Crippen molar-refractivity contribution in [3.8, 4) is 11.8 Å². The third kappa shape index (κ3) is 6.15. The summed E-state index contributed by atoms with van der Waals surface area (Å²) in [5.74, 6) is 6.47. The normalized spacial score (nSPS) is 9.79. The predicted molar refractivity (Wildman–Crippen MR) is 82.8 cm³/mol. The van der Waals surface area contributed by atoms with Crippen LogP contribution in [-0.4, -0.2) is 36.2 Å². The number of aliphatic hydroxyl groups excluding tert-OH is 1. The Bertz CT molecular complexity index is 446. The van der Waals surface area contributed by atoms with Crippen molar-refractivity contribution in [2.75, 3.05) is 25.2 Å². The number of nitrogens with one attached hydrogen (secondary N) is 1. The number of carbonyl (C=O) groups is 1. The van der Waals surface area contributed by atoms with Crippen molar-refractivity contribution in [1.29, 1.82) is 0 Å². The Balaban J connectivity index is 2.35. The first-order valence-corrected chi connectivity index (χ1v) is 8.51. The van der Waals surface area contributed by atoms with Crippen molar-refractivity contribution < 1.29 is 9.90 Å². The number of carbonyl (C=O) groups excluding carboxylic acids is 1. The number of thioether (sulfide) groups is 1. The van der Waals surface area contributed by atoms with Crippen LogP contribution in [0.15, 0.2) is 11.4 Å². The molecule has 2 N–H and O–H groups in total. The first kappa shape index (κ1) is 16.1. The van der Waals surface area contributed by atoms with Crippen LogP contribution in [-0.2, 0) is 0 Å². The molecule has 104 valence electrons. The van der Waals surface area contributed by atoms with Crippen molar-refractivity contribution in [3.63, 3.8) is 0 Å². The van der Waals surface area contributed by atoms with Gasteiger partial charge in [-0.3, -0.25) is 4.79 Å². The number of hydrogen-bond donors (Lipinski definition) is 2. The molecular formula is C14H19NO2S2. The third-order valence-corrected chi connectivity index (χ3v) is 4.09. The number of amides is 1. The molecule has 0 aliphatic rings. The summed E-state index contributed by atoms with van der Waals surface area (Å²) >= 11 is 3.23. The number of hydrogen-bond acceptors (Lipinski definition) is 4. The fourth-order valence-electron chi connectivity index (χ4n) is 1.55. The molecule has 1 heterocycles. The van der Waals surface area contributed by atoms with E-state index in [2.05, 4.69) is 23.4 Å². The highest BCUT2D eigenvalue weighted by molar-refractivity contribution is 7.98. The van der Waals surface area contributed by atoms with Crippen molar-refractivity contribution in [2.24, 2.45) is 0 Å². The topological polar surface area (TPSA) is 49.3 Å². The van der Waals surface area contributed by atoms with Crippen LogP contribution in [0.1, 0.15) is 34.5 Å². The Kier molecular flexibility index (Phi) is 8.39. The van der Waals surface area contributed by atoms with Gasteiger partial charge in [0.15, 0.2) is 0 Å². The minimum Gasteiger partial charge on any atom is -0.384 e. The van der Waals surface area contributed by atoms with E-state index in [0.29, 0.717) is 17.0 Å². The van der Waals surface area contributed by atoms with E-state index in [4.69, 9.17) is 5.11 Å².